The molecule has 19 heavy (non-hydrogen) atoms. The second kappa shape index (κ2) is 8.01. The molecule has 1 aromatic rings. The van der Waals surface area contributed by atoms with Crippen molar-refractivity contribution >= 4 is 11.7 Å². The highest BCUT2D eigenvalue weighted by atomic mass is 16.5. The summed E-state index contributed by atoms with van der Waals surface area (Å²) in [5.41, 5.74) is 1.31. The Labute approximate surface area is 113 Å². The van der Waals surface area contributed by atoms with Crippen LogP contribution in [-0.4, -0.2) is 31.4 Å². The fraction of sp³-hybridized carbons (Fsp3) is 0.357. The van der Waals surface area contributed by atoms with Crippen LogP contribution in [0.5, 0.6) is 5.75 Å². The molecule has 0 saturated heterocycles. The summed E-state index contributed by atoms with van der Waals surface area (Å²) in [5, 5.41) is 14.0. The molecular weight excluding hydrogens is 244 g/mol. The van der Waals surface area contributed by atoms with Crippen LogP contribution in [0.4, 0.5) is 10.5 Å². The van der Waals surface area contributed by atoms with Gasteiger partial charge in [-0.1, -0.05) is 11.8 Å². The van der Waals surface area contributed by atoms with E-state index in [2.05, 4.69) is 22.5 Å². The Hall–Kier alpha value is -2.19. The summed E-state index contributed by atoms with van der Waals surface area (Å²) in [5.74, 6) is 6.30. The maximum absolute atomic E-state index is 11.5. The maximum Gasteiger partial charge on any atom is 0.319 e. The lowest BCUT2D eigenvalue weighted by Gasteiger charge is -2.10. The predicted molar refractivity (Wildman–Crippen MR) is 74.3 cm³/mol. The third-order valence-corrected chi connectivity index (χ3v) is 2.25. The summed E-state index contributed by atoms with van der Waals surface area (Å²) in [7, 11) is 1.54. The van der Waals surface area contributed by atoms with Crippen molar-refractivity contribution in [2.45, 2.75) is 13.3 Å². The molecule has 0 aromatic heterocycles. The first-order valence-electron chi connectivity index (χ1n) is 6.03. The van der Waals surface area contributed by atoms with Gasteiger partial charge in [-0.05, 0) is 25.1 Å². The number of anilines is 1. The zero-order valence-corrected chi connectivity index (χ0v) is 11.1. The van der Waals surface area contributed by atoms with Gasteiger partial charge in [0.1, 0.15) is 5.75 Å². The van der Waals surface area contributed by atoms with Gasteiger partial charge in [-0.2, -0.15) is 0 Å². The molecule has 0 atom stereocenters. The number of ether oxygens (including phenoxy) is 1. The summed E-state index contributed by atoms with van der Waals surface area (Å²) < 4.78 is 5.17. The van der Waals surface area contributed by atoms with Crippen LogP contribution in [-0.2, 0) is 0 Å². The van der Waals surface area contributed by atoms with Crippen molar-refractivity contribution in [3.63, 3.8) is 0 Å². The van der Waals surface area contributed by atoms with Gasteiger partial charge < -0.3 is 20.5 Å². The minimum absolute atomic E-state index is 0.0349. The molecule has 2 amide bonds. The largest absolute Gasteiger partial charge is 0.495 e. The van der Waals surface area contributed by atoms with E-state index in [0.717, 1.165) is 5.56 Å². The van der Waals surface area contributed by atoms with Crippen molar-refractivity contribution in [3.05, 3.63) is 23.8 Å². The van der Waals surface area contributed by atoms with Crippen LogP contribution in [0.15, 0.2) is 18.2 Å². The standard InChI is InChI=1S/C14H18N2O3/c1-3-15-14(18)16-12-10-11(6-4-5-9-17)7-8-13(12)19-2/h7-8,10,17H,3,5,9H2,1-2H3,(H2,15,16,18). The zero-order valence-electron chi connectivity index (χ0n) is 11.1. The van der Waals surface area contributed by atoms with Crippen LogP contribution in [0.3, 0.4) is 0 Å². The number of methoxy groups -OCH3 is 1. The van der Waals surface area contributed by atoms with Gasteiger partial charge in [-0.15, -0.1) is 0 Å². The molecule has 0 saturated carbocycles. The topological polar surface area (TPSA) is 70.6 Å². The Morgan fingerprint density at radius 3 is 2.89 bits per heavy atom. The third kappa shape index (κ3) is 4.90. The third-order valence-electron chi connectivity index (χ3n) is 2.25. The molecule has 1 aromatic carbocycles. The molecule has 5 nitrogen and oxygen atoms in total. The van der Waals surface area contributed by atoms with Gasteiger partial charge in [-0.3, -0.25) is 0 Å². The van der Waals surface area contributed by atoms with Crippen LogP contribution in [0.1, 0.15) is 18.9 Å². The van der Waals surface area contributed by atoms with Gasteiger partial charge in [0.2, 0.25) is 0 Å². The summed E-state index contributed by atoms with van der Waals surface area (Å²) in [6.07, 6.45) is 0.422. The molecule has 0 heterocycles. The second-order valence-electron chi connectivity index (χ2n) is 3.67. The smallest absolute Gasteiger partial charge is 0.319 e. The van der Waals surface area contributed by atoms with Crippen LogP contribution in [0.25, 0.3) is 0 Å². The normalized spacial score (nSPS) is 9.21. The number of urea groups is 1. The molecule has 0 fully saturated rings. The molecule has 0 spiro atoms. The number of carbonyl (C=O) groups excluding carboxylic acids is 1. The summed E-state index contributed by atoms with van der Waals surface area (Å²) in [6.45, 7) is 2.42. The zero-order chi connectivity index (χ0) is 14.1. The molecule has 0 radical (unpaired) electrons. The number of amides is 2. The Morgan fingerprint density at radius 2 is 2.26 bits per heavy atom. The number of carbonyl (C=O) groups is 1. The highest BCUT2D eigenvalue weighted by molar-refractivity contribution is 5.91. The molecule has 0 bridgehead atoms. The molecule has 0 aliphatic carbocycles. The summed E-state index contributed by atoms with van der Waals surface area (Å²) >= 11 is 0. The van der Waals surface area contributed by atoms with Gasteiger partial charge >= 0.3 is 6.03 Å². The molecule has 0 aliphatic heterocycles. The van der Waals surface area contributed by atoms with Gasteiger partial charge in [0.15, 0.2) is 0 Å². The van der Waals surface area contributed by atoms with E-state index in [1.165, 1.54) is 7.11 Å². The number of benzene rings is 1. The van der Waals surface area contributed by atoms with Gasteiger partial charge in [0, 0.05) is 18.5 Å². The van der Waals surface area contributed by atoms with Crippen LogP contribution >= 0.6 is 0 Å². The lowest BCUT2D eigenvalue weighted by Crippen LogP contribution is -2.28. The van der Waals surface area contributed by atoms with Crippen molar-refractivity contribution in [2.24, 2.45) is 0 Å². The van der Waals surface area contributed by atoms with Crippen molar-refractivity contribution in [1.82, 2.24) is 5.32 Å². The quantitative estimate of drug-likeness (QED) is 0.721. The Balaban J connectivity index is 2.90. The number of nitrogens with one attached hydrogen (secondary N) is 2. The fourth-order valence-corrected chi connectivity index (χ4v) is 1.43. The van der Waals surface area contributed by atoms with E-state index < -0.39 is 0 Å². The molecule has 5 heteroatoms. The van der Waals surface area contributed by atoms with E-state index in [4.69, 9.17) is 9.84 Å². The van der Waals surface area contributed by atoms with Crippen LogP contribution in [0.2, 0.25) is 0 Å². The van der Waals surface area contributed by atoms with Crippen LogP contribution < -0.4 is 15.4 Å². The van der Waals surface area contributed by atoms with Gasteiger partial charge in [0.05, 0.1) is 19.4 Å². The minimum Gasteiger partial charge on any atom is -0.495 e. The van der Waals surface area contributed by atoms with Gasteiger partial charge in [-0.25, -0.2) is 4.79 Å². The number of rotatable bonds is 4. The first-order chi connectivity index (χ1) is 9.21. The van der Waals surface area contributed by atoms with Crippen LogP contribution in [0, 0.1) is 11.8 Å². The van der Waals surface area contributed by atoms with E-state index in [1.807, 2.05) is 6.92 Å². The van der Waals surface area contributed by atoms with Gasteiger partial charge in [0.25, 0.3) is 0 Å². The average molecular weight is 262 g/mol. The lowest BCUT2D eigenvalue weighted by molar-refractivity contribution is 0.252. The number of aliphatic hydroxyl groups excluding tert-OH is 1. The lowest BCUT2D eigenvalue weighted by atomic mass is 10.2. The number of aliphatic hydroxyl groups is 1. The summed E-state index contributed by atoms with van der Waals surface area (Å²) in [4.78, 5) is 11.5. The molecule has 1 rings (SSSR count). The Kier molecular flexibility index (Phi) is 6.27. The average Bonchev–Trinajstić information content (AvgIpc) is 2.39. The molecule has 0 aliphatic rings. The highest BCUT2D eigenvalue weighted by Gasteiger charge is 2.07. The van der Waals surface area contributed by atoms with Crippen molar-refractivity contribution in [3.8, 4) is 17.6 Å². The first kappa shape index (κ1) is 14.9. The predicted octanol–water partition coefficient (Wildman–Crippen LogP) is 1.57. The maximum atomic E-state index is 11.5. The van der Waals surface area contributed by atoms with E-state index >= 15 is 0 Å². The molecular formula is C14H18N2O3. The molecule has 0 unspecified atom stereocenters. The SMILES string of the molecule is CCNC(=O)Nc1cc(C#CCCO)ccc1OC. The second-order valence-corrected chi connectivity index (χ2v) is 3.67. The van der Waals surface area contributed by atoms with Crippen molar-refractivity contribution in [2.75, 3.05) is 25.6 Å². The van der Waals surface area contributed by atoms with Crippen molar-refractivity contribution < 1.29 is 14.6 Å². The molecule has 3 N–H and O–H groups in total. The minimum atomic E-state index is -0.290. The van der Waals surface area contributed by atoms with E-state index in [9.17, 15) is 4.79 Å². The Morgan fingerprint density at radius 1 is 1.47 bits per heavy atom. The summed E-state index contributed by atoms with van der Waals surface area (Å²) in [6, 6.07) is 4.98. The van der Waals surface area contributed by atoms with E-state index in [-0.39, 0.29) is 12.6 Å². The first-order valence-corrected chi connectivity index (χ1v) is 6.03. The van der Waals surface area contributed by atoms with E-state index in [0.29, 0.717) is 24.4 Å². The number of hydrogen-bond acceptors (Lipinski definition) is 3. The number of hydrogen-bond donors (Lipinski definition) is 3. The Bertz CT molecular complexity index is 489. The fourth-order valence-electron chi connectivity index (χ4n) is 1.43. The monoisotopic (exact) mass is 262 g/mol. The highest BCUT2D eigenvalue weighted by Crippen LogP contribution is 2.25. The molecule has 102 valence electrons. The van der Waals surface area contributed by atoms with Crippen molar-refractivity contribution in [1.29, 1.82) is 0 Å². The van der Waals surface area contributed by atoms with E-state index in [1.54, 1.807) is 18.2 Å².